The number of carbonyl (C=O) groups is 1. The topological polar surface area (TPSA) is 53.4 Å². The zero-order valence-electron chi connectivity index (χ0n) is 9.56. The molecule has 1 aromatic rings. The first kappa shape index (κ1) is 11.5. The van der Waals surface area contributed by atoms with E-state index in [1.54, 1.807) is 0 Å². The fraction of sp³-hybridized carbons (Fsp3) is 0.636. The van der Waals surface area contributed by atoms with Crippen molar-refractivity contribution in [1.29, 1.82) is 0 Å². The van der Waals surface area contributed by atoms with Crippen molar-refractivity contribution in [2.75, 3.05) is 20.1 Å². The molecule has 1 saturated heterocycles. The Kier molecular flexibility index (Phi) is 3.25. The van der Waals surface area contributed by atoms with Crippen molar-refractivity contribution in [2.45, 2.75) is 25.7 Å². The third-order valence-electron chi connectivity index (χ3n) is 2.96. The maximum Gasteiger partial charge on any atom is 0.310 e. The van der Waals surface area contributed by atoms with Gasteiger partial charge in [0.25, 0.3) is 0 Å². The first-order chi connectivity index (χ1) is 7.56. The number of likely N-dealkylation sites (N-methyl/N-ethyl adjacent to an activating group) is 1. The van der Waals surface area contributed by atoms with Crippen LogP contribution in [0.1, 0.15) is 27.9 Å². The molecule has 1 N–H and O–H groups in total. The predicted octanol–water partition coefficient (Wildman–Crippen LogP) is 1.50. The number of aliphatic carboxylic acids is 1. The number of hydrogen-bond acceptors (Lipinski definition) is 4. The Morgan fingerprint density at radius 1 is 1.69 bits per heavy atom. The summed E-state index contributed by atoms with van der Waals surface area (Å²) in [6.07, 6.45) is 1.18. The Morgan fingerprint density at radius 2 is 2.44 bits per heavy atom. The highest BCUT2D eigenvalue weighted by molar-refractivity contribution is 7.11. The molecule has 5 heteroatoms. The van der Waals surface area contributed by atoms with E-state index in [2.05, 4.69) is 16.9 Å². The molecule has 1 aromatic heterocycles. The second-order valence-electron chi connectivity index (χ2n) is 4.37. The van der Waals surface area contributed by atoms with Gasteiger partial charge in [0, 0.05) is 17.3 Å². The predicted molar refractivity (Wildman–Crippen MR) is 63.0 cm³/mol. The fourth-order valence-electron chi connectivity index (χ4n) is 2.21. The second-order valence-corrected chi connectivity index (χ2v) is 5.66. The lowest BCUT2D eigenvalue weighted by Crippen LogP contribution is -2.13. The Bertz CT molecular complexity index is 403. The summed E-state index contributed by atoms with van der Waals surface area (Å²) in [6.45, 7) is 4.18. The van der Waals surface area contributed by atoms with Crippen molar-refractivity contribution in [3.05, 3.63) is 15.6 Å². The van der Waals surface area contributed by atoms with E-state index in [4.69, 9.17) is 5.11 Å². The lowest BCUT2D eigenvalue weighted by atomic mass is 10.0. The normalized spacial score (nSPS) is 21.5. The largest absolute Gasteiger partial charge is 0.481 e. The van der Waals surface area contributed by atoms with Gasteiger partial charge in [-0.05, 0) is 26.9 Å². The SMILES string of the molecule is Cc1sc(CC(=O)O)nc1C1CCN(C)C1. The molecule has 0 radical (unpaired) electrons. The Labute approximate surface area is 98.9 Å². The van der Waals surface area contributed by atoms with Crippen molar-refractivity contribution >= 4 is 17.3 Å². The monoisotopic (exact) mass is 240 g/mol. The van der Waals surface area contributed by atoms with E-state index in [0.29, 0.717) is 5.92 Å². The summed E-state index contributed by atoms with van der Waals surface area (Å²) in [7, 11) is 2.11. The highest BCUT2D eigenvalue weighted by Gasteiger charge is 2.25. The number of nitrogens with zero attached hydrogens (tertiary/aromatic N) is 2. The van der Waals surface area contributed by atoms with Gasteiger partial charge in [0.05, 0.1) is 12.1 Å². The third-order valence-corrected chi connectivity index (χ3v) is 3.94. The summed E-state index contributed by atoms with van der Waals surface area (Å²) < 4.78 is 0. The molecule has 1 fully saturated rings. The van der Waals surface area contributed by atoms with Crippen LogP contribution in [0.15, 0.2) is 0 Å². The molecule has 0 aromatic carbocycles. The van der Waals surface area contributed by atoms with Crippen LogP contribution in [0.2, 0.25) is 0 Å². The van der Waals surface area contributed by atoms with Crippen LogP contribution in [-0.2, 0) is 11.2 Å². The molecule has 4 nitrogen and oxygen atoms in total. The van der Waals surface area contributed by atoms with E-state index in [0.717, 1.165) is 30.2 Å². The van der Waals surface area contributed by atoms with Gasteiger partial charge >= 0.3 is 5.97 Å². The first-order valence-electron chi connectivity index (χ1n) is 5.43. The average Bonchev–Trinajstić information content (AvgIpc) is 2.72. The van der Waals surface area contributed by atoms with Gasteiger partial charge in [0.2, 0.25) is 0 Å². The van der Waals surface area contributed by atoms with Crippen molar-refractivity contribution in [2.24, 2.45) is 0 Å². The zero-order valence-corrected chi connectivity index (χ0v) is 10.4. The van der Waals surface area contributed by atoms with Gasteiger partial charge in [-0.3, -0.25) is 4.79 Å². The van der Waals surface area contributed by atoms with Crippen LogP contribution in [0, 0.1) is 6.92 Å². The quantitative estimate of drug-likeness (QED) is 0.870. The average molecular weight is 240 g/mol. The van der Waals surface area contributed by atoms with Crippen molar-refractivity contribution < 1.29 is 9.90 Å². The lowest BCUT2D eigenvalue weighted by Gasteiger charge is -2.08. The molecule has 1 aliphatic rings. The second kappa shape index (κ2) is 4.51. The number of hydrogen-bond donors (Lipinski definition) is 1. The molecule has 0 saturated carbocycles. The zero-order chi connectivity index (χ0) is 11.7. The van der Waals surface area contributed by atoms with Crippen LogP contribution in [0.3, 0.4) is 0 Å². The van der Waals surface area contributed by atoms with E-state index in [9.17, 15) is 4.79 Å². The molecular weight excluding hydrogens is 224 g/mol. The lowest BCUT2D eigenvalue weighted by molar-refractivity contribution is -0.136. The fourth-order valence-corrected chi connectivity index (χ4v) is 3.22. The summed E-state index contributed by atoms with van der Waals surface area (Å²) in [5.41, 5.74) is 1.12. The van der Waals surface area contributed by atoms with E-state index in [1.807, 2.05) is 6.92 Å². The number of aromatic nitrogens is 1. The van der Waals surface area contributed by atoms with E-state index < -0.39 is 5.97 Å². The number of aryl methyl sites for hydroxylation is 1. The smallest absolute Gasteiger partial charge is 0.310 e. The van der Waals surface area contributed by atoms with E-state index in [1.165, 1.54) is 16.2 Å². The molecule has 1 aliphatic heterocycles. The minimum atomic E-state index is -0.802. The highest BCUT2D eigenvalue weighted by atomic mass is 32.1. The molecule has 2 heterocycles. The van der Waals surface area contributed by atoms with Crippen molar-refractivity contribution in [3.8, 4) is 0 Å². The standard InChI is InChI=1S/C11H16N2O2S/c1-7-11(8-3-4-13(2)6-8)12-9(16-7)5-10(14)15/h8H,3-6H2,1-2H3,(H,14,15). The molecule has 1 atom stereocenters. The van der Waals surface area contributed by atoms with Crippen LogP contribution in [-0.4, -0.2) is 41.1 Å². The van der Waals surface area contributed by atoms with Gasteiger partial charge in [0.15, 0.2) is 0 Å². The summed E-state index contributed by atoms with van der Waals surface area (Å²) in [6, 6.07) is 0. The number of carboxylic acid groups (broad SMARTS) is 1. The summed E-state index contributed by atoms with van der Waals surface area (Å²) in [4.78, 5) is 18.6. The van der Waals surface area contributed by atoms with Gasteiger partial charge in [-0.2, -0.15) is 0 Å². The maximum absolute atomic E-state index is 10.6. The number of likely N-dealkylation sites (tertiary alicyclic amines) is 1. The van der Waals surface area contributed by atoms with Crippen molar-refractivity contribution in [3.63, 3.8) is 0 Å². The molecule has 16 heavy (non-hydrogen) atoms. The molecule has 88 valence electrons. The Hall–Kier alpha value is -0.940. The molecule has 0 aliphatic carbocycles. The van der Waals surface area contributed by atoms with Gasteiger partial charge in [0.1, 0.15) is 5.01 Å². The highest BCUT2D eigenvalue weighted by Crippen LogP contribution is 2.31. The summed E-state index contributed by atoms with van der Waals surface area (Å²) in [5.74, 6) is -0.312. The van der Waals surface area contributed by atoms with Crippen molar-refractivity contribution in [1.82, 2.24) is 9.88 Å². The van der Waals surface area contributed by atoms with Crippen LogP contribution in [0.4, 0.5) is 0 Å². The van der Waals surface area contributed by atoms with Crippen LogP contribution < -0.4 is 0 Å². The van der Waals surface area contributed by atoms with Gasteiger partial charge in [-0.1, -0.05) is 0 Å². The maximum atomic E-state index is 10.6. The molecular formula is C11H16N2O2S. The Morgan fingerprint density at radius 3 is 3.00 bits per heavy atom. The molecule has 0 spiro atoms. The van der Waals surface area contributed by atoms with Gasteiger partial charge in [-0.25, -0.2) is 4.98 Å². The van der Waals surface area contributed by atoms with Crippen LogP contribution in [0.5, 0.6) is 0 Å². The molecule has 0 amide bonds. The molecule has 1 unspecified atom stereocenters. The Balaban J connectivity index is 2.15. The van der Waals surface area contributed by atoms with Gasteiger partial charge in [-0.15, -0.1) is 11.3 Å². The first-order valence-corrected chi connectivity index (χ1v) is 6.24. The third kappa shape index (κ3) is 2.41. The number of thiazole rings is 1. The van der Waals surface area contributed by atoms with E-state index in [-0.39, 0.29) is 6.42 Å². The molecule has 2 rings (SSSR count). The minimum Gasteiger partial charge on any atom is -0.481 e. The minimum absolute atomic E-state index is 0.0497. The van der Waals surface area contributed by atoms with Crippen LogP contribution >= 0.6 is 11.3 Å². The molecule has 0 bridgehead atoms. The van der Waals surface area contributed by atoms with E-state index >= 15 is 0 Å². The summed E-state index contributed by atoms with van der Waals surface area (Å²) >= 11 is 1.52. The summed E-state index contributed by atoms with van der Waals surface area (Å²) in [5, 5.41) is 9.46. The number of rotatable bonds is 3. The van der Waals surface area contributed by atoms with Crippen LogP contribution in [0.25, 0.3) is 0 Å². The number of carboxylic acids is 1. The van der Waals surface area contributed by atoms with Gasteiger partial charge < -0.3 is 10.0 Å².